The monoisotopic (exact) mass is 1060 g/mol. The van der Waals surface area contributed by atoms with Gasteiger partial charge in [-0.3, -0.25) is 14.4 Å². The van der Waals surface area contributed by atoms with Crippen LogP contribution in [0.2, 0.25) is 0 Å². The first kappa shape index (κ1) is 69.7. The summed E-state index contributed by atoms with van der Waals surface area (Å²) in [4.78, 5) is 51.2. The highest BCUT2D eigenvalue weighted by molar-refractivity contribution is 5.74. The summed E-state index contributed by atoms with van der Waals surface area (Å²) >= 11 is 0. The molecular formula is C63H110O12. The number of carboxylic acid groups (broad SMARTS) is 1. The highest BCUT2D eigenvalue weighted by Crippen LogP contribution is 2.26. The normalized spacial score (nSPS) is 18.4. The SMILES string of the molecule is CC/C=C\C/C=C\C/C=C\CCCCCCCCCC(=O)OCC(COC1OC(C(=O)O)C(O)C(O)C1OC(=O)CCCCCCC/C=C\CCCCCC)OC(=O)CCCCCCCCCCCCCCCCC. The number of carbonyl (C=O) groups excluding carboxylic acids is 3. The summed E-state index contributed by atoms with van der Waals surface area (Å²) in [6, 6.07) is 0. The fourth-order valence-electron chi connectivity index (χ4n) is 9.20. The van der Waals surface area contributed by atoms with E-state index in [1.165, 1.54) is 109 Å². The molecule has 1 aliphatic rings. The molecule has 0 radical (unpaired) electrons. The zero-order valence-corrected chi connectivity index (χ0v) is 47.8. The molecule has 0 aromatic carbocycles. The molecule has 1 aliphatic heterocycles. The quantitative estimate of drug-likeness (QED) is 0.0228. The van der Waals surface area contributed by atoms with Crippen LogP contribution in [-0.4, -0.2) is 89.2 Å². The Hall–Kier alpha value is -3.32. The van der Waals surface area contributed by atoms with E-state index < -0.39 is 67.3 Å². The van der Waals surface area contributed by atoms with Crippen molar-refractivity contribution in [2.24, 2.45) is 0 Å². The van der Waals surface area contributed by atoms with Crippen molar-refractivity contribution in [3.05, 3.63) is 48.6 Å². The standard InChI is InChI=1S/C63H110O12/c1-4-7-10-13-16-19-22-25-27-28-30-32-34-37-40-43-46-49-55(64)71-52-54(73-56(65)50-47-44-41-38-36-33-29-26-23-20-17-14-11-8-5-2)53-72-63-61(59(68)58(67)60(75-63)62(69)70)74-57(66)51-48-45-42-39-35-31-24-21-18-15-12-9-6-3/h7,10,16,19,21,24-25,27,54,58-61,63,67-68H,4-6,8-9,11-15,17-18,20,22-23,26,28-53H2,1-3H3,(H,69,70)/b10-7-,19-16-,24-21-,27-25-. The van der Waals surface area contributed by atoms with Crippen molar-refractivity contribution in [1.82, 2.24) is 0 Å². The van der Waals surface area contributed by atoms with Crippen LogP contribution < -0.4 is 0 Å². The summed E-state index contributed by atoms with van der Waals surface area (Å²) in [5, 5.41) is 31.5. The van der Waals surface area contributed by atoms with Gasteiger partial charge in [0.05, 0.1) is 6.61 Å². The molecule has 75 heavy (non-hydrogen) atoms. The largest absolute Gasteiger partial charge is 0.479 e. The molecule has 0 saturated carbocycles. The topological polar surface area (TPSA) is 175 Å². The van der Waals surface area contributed by atoms with Gasteiger partial charge in [0, 0.05) is 19.3 Å². The molecule has 434 valence electrons. The fourth-order valence-corrected chi connectivity index (χ4v) is 9.20. The molecule has 1 saturated heterocycles. The van der Waals surface area contributed by atoms with Crippen LogP contribution in [0.1, 0.15) is 278 Å². The minimum atomic E-state index is -1.90. The van der Waals surface area contributed by atoms with Crippen LogP contribution in [0.25, 0.3) is 0 Å². The van der Waals surface area contributed by atoms with E-state index >= 15 is 0 Å². The molecule has 1 heterocycles. The number of aliphatic hydroxyl groups excluding tert-OH is 2. The second-order valence-corrected chi connectivity index (χ2v) is 21.0. The van der Waals surface area contributed by atoms with Crippen molar-refractivity contribution in [3.8, 4) is 0 Å². The van der Waals surface area contributed by atoms with Crippen LogP contribution in [0.3, 0.4) is 0 Å². The zero-order chi connectivity index (χ0) is 54.7. The van der Waals surface area contributed by atoms with Crippen LogP contribution in [0.5, 0.6) is 0 Å². The molecule has 1 fully saturated rings. The lowest BCUT2D eigenvalue weighted by Gasteiger charge is -2.40. The fraction of sp³-hybridized carbons (Fsp3) is 0.810. The number of rotatable bonds is 52. The van der Waals surface area contributed by atoms with Crippen LogP contribution in [-0.2, 0) is 42.9 Å². The summed E-state index contributed by atoms with van der Waals surface area (Å²) in [5.41, 5.74) is 0. The van der Waals surface area contributed by atoms with Crippen molar-refractivity contribution >= 4 is 23.9 Å². The average Bonchev–Trinajstić information content (AvgIpc) is 3.39. The lowest BCUT2D eigenvalue weighted by Crippen LogP contribution is -2.61. The molecule has 0 aliphatic carbocycles. The van der Waals surface area contributed by atoms with E-state index in [0.29, 0.717) is 19.3 Å². The summed E-state index contributed by atoms with van der Waals surface area (Å²) in [6.07, 6.45) is 49.3. The molecule has 1 rings (SSSR count). The highest BCUT2D eigenvalue weighted by atomic mass is 16.7. The average molecular weight is 1060 g/mol. The highest BCUT2D eigenvalue weighted by Gasteiger charge is 2.50. The first-order chi connectivity index (χ1) is 36.6. The van der Waals surface area contributed by atoms with Crippen LogP contribution in [0, 0.1) is 0 Å². The van der Waals surface area contributed by atoms with E-state index in [1.807, 2.05) is 0 Å². The first-order valence-corrected chi connectivity index (χ1v) is 30.6. The number of ether oxygens (including phenoxy) is 5. The predicted molar refractivity (Wildman–Crippen MR) is 303 cm³/mol. The predicted octanol–water partition coefficient (Wildman–Crippen LogP) is 15.8. The second kappa shape index (κ2) is 51.4. The maximum atomic E-state index is 13.2. The van der Waals surface area contributed by atoms with Crippen molar-refractivity contribution < 1.29 is 58.2 Å². The number of hydrogen-bond acceptors (Lipinski definition) is 11. The third-order valence-corrected chi connectivity index (χ3v) is 13.9. The molecule has 6 unspecified atom stereocenters. The summed E-state index contributed by atoms with van der Waals surface area (Å²) in [5.74, 6) is -3.12. The maximum absolute atomic E-state index is 13.2. The van der Waals surface area contributed by atoms with Gasteiger partial charge in [-0.1, -0.05) is 230 Å². The molecule has 6 atom stereocenters. The van der Waals surface area contributed by atoms with Crippen molar-refractivity contribution in [3.63, 3.8) is 0 Å². The number of aliphatic hydroxyl groups is 2. The van der Waals surface area contributed by atoms with Gasteiger partial charge in [-0.15, -0.1) is 0 Å². The lowest BCUT2D eigenvalue weighted by atomic mass is 9.98. The van der Waals surface area contributed by atoms with Gasteiger partial charge in [-0.2, -0.15) is 0 Å². The number of carboxylic acids is 1. The molecule has 0 amide bonds. The van der Waals surface area contributed by atoms with Gasteiger partial charge in [0.25, 0.3) is 0 Å². The number of carbonyl (C=O) groups is 4. The van der Waals surface area contributed by atoms with Gasteiger partial charge < -0.3 is 39.0 Å². The molecule has 3 N–H and O–H groups in total. The lowest BCUT2D eigenvalue weighted by molar-refractivity contribution is -0.301. The first-order valence-electron chi connectivity index (χ1n) is 30.6. The number of aliphatic carboxylic acids is 1. The Morgan fingerprint density at radius 1 is 0.453 bits per heavy atom. The molecular weight excluding hydrogens is 949 g/mol. The number of allylic oxidation sites excluding steroid dienone is 8. The molecule has 0 aromatic heterocycles. The van der Waals surface area contributed by atoms with Crippen molar-refractivity contribution in [2.75, 3.05) is 13.2 Å². The van der Waals surface area contributed by atoms with E-state index in [4.69, 9.17) is 23.7 Å². The van der Waals surface area contributed by atoms with Gasteiger partial charge in [-0.25, -0.2) is 4.79 Å². The molecule has 12 heteroatoms. The van der Waals surface area contributed by atoms with E-state index in [0.717, 1.165) is 109 Å². The van der Waals surface area contributed by atoms with Crippen LogP contribution in [0.15, 0.2) is 48.6 Å². The summed E-state index contributed by atoms with van der Waals surface area (Å²) < 4.78 is 28.5. The van der Waals surface area contributed by atoms with Crippen molar-refractivity contribution in [2.45, 2.75) is 314 Å². The third-order valence-electron chi connectivity index (χ3n) is 13.9. The van der Waals surface area contributed by atoms with Gasteiger partial charge in [0.2, 0.25) is 0 Å². The minimum Gasteiger partial charge on any atom is -0.479 e. The number of esters is 3. The number of hydrogen-bond donors (Lipinski definition) is 3. The zero-order valence-electron chi connectivity index (χ0n) is 47.8. The van der Waals surface area contributed by atoms with E-state index in [9.17, 15) is 34.5 Å². The Morgan fingerprint density at radius 3 is 1.31 bits per heavy atom. The van der Waals surface area contributed by atoms with Gasteiger partial charge >= 0.3 is 23.9 Å². The Balaban J connectivity index is 2.68. The van der Waals surface area contributed by atoms with Gasteiger partial charge in [0.1, 0.15) is 18.8 Å². The molecule has 12 nitrogen and oxygen atoms in total. The van der Waals surface area contributed by atoms with Crippen molar-refractivity contribution in [1.29, 1.82) is 0 Å². The van der Waals surface area contributed by atoms with Gasteiger partial charge in [-0.05, 0) is 77.0 Å². The third kappa shape index (κ3) is 41.5. The Morgan fingerprint density at radius 2 is 0.840 bits per heavy atom. The van der Waals surface area contributed by atoms with Gasteiger partial charge in [0.15, 0.2) is 24.6 Å². The Labute approximate surface area is 456 Å². The molecule has 0 bridgehead atoms. The Kier molecular flexibility index (Phi) is 47.8. The summed E-state index contributed by atoms with van der Waals surface area (Å²) in [6.45, 7) is 5.88. The smallest absolute Gasteiger partial charge is 0.335 e. The van der Waals surface area contributed by atoms with E-state index in [1.54, 1.807) is 0 Å². The Bertz CT molecular complexity index is 1490. The second-order valence-electron chi connectivity index (χ2n) is 21.0. The van der Waals surface area contributed by atoms with E-state index in [2.05, 4.69) is 69.4 Å². The number of unbranched alkanes of at least 4 members (excludes halogenated alkanes) is 30. The molecule has 0 aromatic rings. The van der Waals surface area contributed by atoms with E-state index in [-0.39, 0.29) is 25.9 Å². The van der Waals surface area contributed by atoms with Crippen LogP contribution in [0.4, 0.5) is 0 Å². The summed E-state index contributed by atoms with van der Waals surface area (Å²) in [7, 11) is 0. The maximum Gasteiger partial charge on any atom is 0.335 e. The minimum absolute atomic E-state index is 0.0514. The molecule has 0 spiro atoms. The van der Waals surface area contributed by atoms with Crippen LogP contribution >= 0.6 is 0 Å².